The third-order valence-electron chi connectivity index (χ3n) is 3.37. The largest absolute Gasteiger partial charge is 0.338 e. The molecule has 16 heavy (non-hydrogen) atoms. The maximum atomic E-state index is 11.9. The van der Waals surface area contributed by atoms with Gasteiger partial charge in [-0.2, -0.15) is 0 Å². The van der Waals surface area contributed by atoms with Crippen LogP contribution < -0.4 is 5.73 Å². The molecule has 96 valence electrons. The van der Waals surface area contributed by atoms with E-state index < -0.39 is 0 Å². The number of likely N-dealkylation sites (tertiary alicyclic amines) is 1. The lowest BCUT2D eigenvalue weighted by molar-refractivity contribution is -0.137. The van der Waals surface area contributed by atoms with Crippen molar-refractivity contribution in [3.05, 3.63) is 0 Å². The van der Waals surface area contributed by atoms with Crippen molar-refractivity contribution in [3.63, 3.8) is 0 Å². The predicted molar refractivity (Wildman–Crippen MR) is 69.7 cm³/mol. The highest BCUT2D eigenvalue weighted by molar-refractivity contribution is 5.85. The lowest BCUT2D eigenvalue weighted by Crippen LogP contribution is -2.52. The second-order valence-electron chi connectivity index (χ2n) is 4.80. The Hall–Kier alpha value is -0.280. The predicted octanol–water partition coefficient (Wildman–Crippen LogP) is 2.18. The summed E-state index contributed by atoms with van der Waals surface area (Å²) in [4.78, 5) is 13.9. The van der Waals surface area contributed by atoms with Crippen LogP contribution in [0.15, 0.2) is 0 Å². The normalized spacial score (nSPS) is 27.1. The van der Waals surface area contributed by atoms with Gasteiger partial charge in [-0.25, -0.2) is 0 Å². The van der Waals surface area contributed by atoms with E-state index in [1.165, 1.54) is 6.42 Å². The summed E-state index contributed by atoms with van der Waals surface area (Å²) in [7, 11) is 0. The Balaban J connectivity index is 0.00000225. The van der Waals surface area contributed by atoms with E-state index in [9.17, 15) is 4.79 Å². The molecule has 0 bridgehead atoms. The zero-order chi connectivity index (χ0) is 11.4. The molecule has 1 aliphatic rings. The molecule has 1 heterocycles. The molecule has 1 saturated heterocycles. The molecule has 4 heteroatoms. The van der Waals surface area contributed by atoms with Crippen molar-refractivity contribution in [1.82, 2.24) is 4.90 Å². The molecule has 2 N–H and O–H groups in total. The standard InChI is InChI=1S/C12H24N2O.ClH/c1-4-6-11-9(2)7-5-8-14(11)12(15)10(3)13;/h9-11H,4-8,13H2,1-3H3;1H. The second kappa shape index (κ2) is 7.13. The van der Waals surface area contributed by atoms with Gasteiger partial charge in [0.2, 0.25) is 5.91 Å². The van der Waals surface area contributed by atoms with Crippen LogP contribution in [0.5, 0.6) is 0 Å². The average molecular weight is 249 g/mol. The van der Waals surface area contributed by atoms with Crippen LogP contribution in [-0.2, 0) is 4.79 Å². The van der Waals surface area contributed by atoms with Crippen molar-refractivity contribution in [2.45, 2.75) is 58.5 Å². The Morgan fingerprint density at radius 2 is 2.19 bits per heavy atom. The number of amides is 1. The minimum atomic E-state index is -0.352. The van der Waals surface area contributed by atoms with Gasteiger partial charge < -0.3 is 10.6 Å². The number of hydrogen-bond donors (Lipinski definition) is 1. The Morgan fingerprint density at radius 3 is 2.69 bits per heavy atom. The average Bonchev–Trinajstić information content (AvgIpc) is 2.20. The van der Waals surface area contributed by atoms with Gasteiger partial charge in [-0.15, -0.1) is 12.4 Å². The topological polar surface area (TPSA) is 46.3 Å². The van der Waals surface area contributed by atoms with Crippen LogP contribution >= 0.6 is 12.4 Å². The summed E-state index contributed by atoms with van der Waals surface area (Å²) in [6.45, 7) is 7.11. The summed E-state index contributed by atoms with van der Waals surface area (Å²) in [5.74, 6) is 0.751. The summed E-state index contributed by atoms with van der Waals surface area (Å²) in [6, 6.07) is 0.0666. The van der Waals surface area contributed by atoms with E-state index in [1.54, 1.807) is 6.92 Å². The minimum Gasteiger partial charge on any atom is -0.338 e. The fourth-order valence-corrected chi connectivity index (χ4v) is 2.52. The van der Waals surface area contributed by atoms with Gasteiger partial charge >= 0.3 is 0 Å². The highest BCUT2D eigenvalue weighted by Gasteiger charge is 2.31. The third-order valence-corrected chi connectivity index (χ3v) is 3.37. The summed E-state index contributed by atoms with van der Waals surface area (Å²) >= 11 is 0. The highest BCUT2D eigenvalue weighted by Crippen LogP contribution is 2.26. The van der Waals surface area contributed by atoms with E-state index >= 15 is 0 Å². The molecule has 0 spiro atoms. The van der Waals surface area contributed by atoms with Crippen molar-refractivity contribution in [2.24, 2.45) is 11.7 Å². The fraction of sp³-hybridized carbons (Fsp3) is 0.917. The van der Waals surface area contributed by atoms with Crippen molar-refractivity contribution in [2.75, 3.05) is 6.54 Å². The number of rotatable bonds is 3. The number of nitrogens with zero attached hydrogens (tertiary/aromatic N) is 1. The summed E-state index contributed by atoms with van der Waals surface area (Å²) in [6.07, 6.45) is 4.62. The smallest absolute Gasteiger partial charge is 0.239 e. The van der Waals surface area contributed by atoms with Gasteiger partial charge in [0.15, 0.2) is 0 Å². The summed E-state index contributed by atoms with van der Waals surface area (Å²) in [5.41, 5.74) is 5.68. The fourth-order valence-electron chi connectivity index (χ4n) is 2.52. The van der Waals surface area contributed by atoms with Gasteiger partial charge in [-0.1, -0.05) is 20.3 Å². The quantitative estimate of drug-likeness (QED) is 0.832. The van der Waals surface area contributed by atoms with Crippen LogP contribution in [0.2, 0.25) is 0 Å². The van der Waals surface area contributed by atoms with E-state index in [1.807, 2.05) is 4.90 Å². The second-order valence-corrected chi connectivity index (χ2v) is 4.80. The molecule has 1 rings (SSSR count). The molecular formula is C12H25ClN2O. The Morgan fingerprint density at radius 1 is 1.56 bits per heavy atom. The van der Waals surface area contributed by atoms with Gasteiger partial charge in [-0.3, -0.25) is 4.79 Å². The Bertz CT molecular complexity index is 221. The Labute approximate surface area is 105 Å². The van der Waals surface area contributed by atoms with Gasteiger partial charge in [0.1, 0.15) is 0 Å². The molecular weight excluding hydrogens is 224 g/mol. The minimum absolute atomic E-state index is 0. The van der Waals surface area contributed by atoms with E-state index in [0.717, 1.165) is 25.8 Å². The highest BCUT2D eigenvalue weighted by atomic mass is 35.5. The zero-order valence-corrected chi connectivity index (χ0v) is 11.4. The van der Waals surface area contributed by atoms with Crippen molar-refractivity contribution in [1.29, 1.82) is 0 Å². The number of piperidine rings is 1. The molecule has 3 unspecified atom stereocenters. The van der Waals surface area contributed by atoms with Gasteiger partial charge in [0.05, 0.1) is 6.04 Å². The van der Waals surface area contributed by atoms with Crippen LogP contribution in [0.3, 0.4) is 0 Å². The number of hydrogen-bond acceptors (Lipinski definition) is 2. The third kappa shape index (κ3) is 3.63. The lowest BCUT2D eigenvalue weighted by atomic mass is 9.87. The SMILES string of the molecule is CCCC1C(C)CCCN1C(=O)C(C)N.Cl. The summed E-state index contributed by atoms with van der Waals surface area (Å²) < 4.78 is 0. The van der Waals surface area contributed by atoms with Crippen LogP contribution in [-0.4, -0.2) is 29.4 Å². The van der Waals surface area contributed by atoms with Crippen LogP contribution in [0.4, 0.5) is 0 Å². The van der Waals surface area contributed by atoms with E-state index in [4.69, 9.17) is 5.73 Å². The molecule has 0 aromatic rings. The van der Waals surface area contributed by atoms with Crippen molar-refractivity contribution in [3.8, 4) is 0 Å². The molecule has 1 amide bonds. The monoisotopic (exact) mass is 248 g/mol. The number of carbonyl (C=O) groups excluding carboxylic acids is 1. The van der Waals surface area contributed by atoms with E-state index in [-0.39, 0.29) is 24.4 Å². The first-order valence-electron chi connectivity index (χ1n) is 6.14. The maximum absolute atomic E-state index is 11.9. The van der Waals surface area contributed by atoms with Crippen molar-refractivity contribution >= 4 is 18.3 Å². The molecule has 0 aromatic carbocycles. The maximum Gasteiger partial charge on any atom is 0.239 e. The molecule has 3 nitrogen and oxygen atoms in total. The van der Waals surface area contributed by atoms with Gasteiger partial charge in [0, 0.05) is 12.6 Å². The first kappa shape index (κ1) is 15.7. The van der Waals surface area contributed by atoms with Crippen LogP contribution in [0.25, 0.3) is 0 Å². The number of halogens is 1. The summed E-state index contributed by atoms with van der Waals surface area (Å²) in [5, 5.41) is 0. The number of nitrogens with two attached hydrogens (primary N) is 1. The molecule has 1 aliphatic heterocycles. The van der Waals surface area contributed by atoms with Crippen LogP contribution in [0, 0.1) is 5.92 Å². The first-order valence-corrected chi connectivity index (χ1v) is 6.14. The first-order chi connectivity index (χ1) is 7.07. The van der Waals surface area contributed by atoms with E-state index in [0.29, 0.717) is 12.0 Å². The molecule has 1 fully saturated rings. The molecule has 0 aromatic heterocycles. The lowest BCUT2D eigenvalue weighted by Gasteiger charge is -2.41. The molecule has 0 saturated carbocycles. The molecule has 3 atom stereocenters. The van der Waals surface area contributed by atoms with Gasteiger partial charge in [0.25, 0.3) is 0 Å². The van der Waals surface area contributed by atoms with Gasteiger partial charge in [-0.05, 0) is 32.1 Å². The molecule has 0 aliphatic carbocycles. The molecule has 0 radical (unpaired) electrons. The zero-order valence-electron chi connectivity index (χ0n) is 10.6. The number of carbonyl (C=O) groups is 1. The van der Waals surface area contributed by atoms with Crippen molar-refractivity contribution < 1.29 is 4.79 Å². The Kier molecular flexibility index (Phi) is 7.00. The van der Waals surface area contributed by atoms with Crippen LogP contribution in [0.1, 0.15) is 46.5 Å². The van der Waals surface area contributed by atoms with E-state index in [2.05, 4.69) is 13.8 Å².